The van der Waals surface area contributed by atoms with Crippen LogP contribution in [0.15, 0.2) is 65.8 Å². The van der Waals surface area contributed by atoms with Gasteiger partial charge in [-0.2, -0.15) is 5.21 Å². The molecular weight excluding hydrogens is 300 g/mol. The Morgan fingerprint density at radius 3 is 2.36 bits per heavy atom. The fourth-order valence-electron chi connectivity index (χ4n) is 1.79. The Morgan fingerprint density at radius 2 is 1.73 bits per heavy atom. The lowest BCUT2D eigenvalue weighted by molar-refractivity contribution is 0.0891. The van der Waals surface area contributed by atoms with E-state index < -0.39 is 5.44 Å². The van der Waals surface area contributed by atoms with E-state index >= 15 is 0 Å². The third-order valence-electron chi connectivity index (χ3n) is 2.80. The molecule has 0 saturated carbocycles. The molecule has 22 heavy (non-hydrogen) atoms. The van der Waals surface area contributed by atoms with E-state index in [-0.39, 0.29) is 5.78 Å². The number of H-pyrrole nitrogens is 1. The van der Waals surface area contributed by atoms with Gasteiger partial charge in [0.05, 0.1) is 0 Å². The molecule has 6 nitrogen and oxygen atoms in total. The Bertz CT molecular complexity index is 720. The minimum absolute atomic E-state index is 0.153. The number of carbonyl (C=O) groups excluding carboxylic acids is 1. The summed E-state index contributed by atoms with van der Waals surface area (Å²) in [4.78, 5) is 12.6. The predicted octanol–water partition coefficient (Wildman–Crippen LogP) is 2.58. The van der Waals surface area contributed by atoms with Crippen LogP contribution < -0.4 is 4.74 Å². The lowest BCUT2D eigenvalue weighted by atomic mass is 10.1. The average Bonchev–Trinajstić information content (AvgIpc) is 3.08. The molecule has 3 rings (SSSR count). The number of tetrazole rings is 1. The van der Waals surface area contributed by atoms with Crippen LogP contribution in [0.25, 0.3) is 0 Å². The number of benzene rings is 2. The number of aromatic amines is 1. The van der Waals surface area contributed by atoms with Crippen LogP contribution in [0.1, 0.15) is 10.4 Å². The van der Waals surface area contributed by atoms with Crippen molar-refractivity contribution >= 4 is 17.5 Å². The number of hydrogen-bond donors (Lipinski definition) is 1. The summed E-state index contributed by atoms with van der Waals surface area (Å²) in [5, 5.41) is 13.9. The summed E-state index contributed by atoms with van der Waals surface area (Å²) < 4.78 is 5.80. The van der Waals surface area contributed by atoms with Gasteiger partial charge < -0.3 is 4.74 Å². The van der Waals surface area contributed by atoms with E-state index in [0.717, 1.165) is 11.8 Å². The Kier molecular flexibility index (Phi) is 4.45. The van der Waals surface area contributed by atoms with Crippen molar-refractivity contribution in [3.05, 3.63) is 66.2 Å². The molecule has 0 aliphatic rings. The van der Waals surface area contributed by atoms with Crippen molar-refractivity contribution in [1.82, 2.24) is 20.6 Å². The molecule has 0 bridgehead atoms. The third-order valence-corrected chi connectivity index (χ3v) is 3.71. The van der Waals surface area contributed by atoms with Crippen molar-refractivity contribution in [3.63, 3.8) is 0 Å². The van der Waals surface area contributed by atoms with Crippen LogP contribution in [0.3, 0.4) is 0 Å². The molecule has 1 unspecified atom stereocenters. The fourth-order valence-corrected chi connectivity index (χ4v) is 2.57. The molecule has 3 aromatic rings. The largest absolute Gasteiger partial charge is 0.471 e. The predicted molar refractivity (Wildman–Crippen MR) is 81.7 cm³/mol. The summed E-state index contributed by atoms with van der Waals surface area (Å²) in [6.45, 7) is 0. The van der Waals surface area contributed by atoms with Gasteiger partial charge in [-0.25, -0.2) is 0 Å². The number of thioether (sulfide) groups is 1. The summed E-state index contributed by atoms with van der Waals surface area (Å²) in [7, 11) is 0. The van der Waals surface area contributed by atoms with Crippen LogP contribution in [-0.4, -0.2) is 31.8 Å². The molecule has 1 aromatic heterocycles. The number of hydrogen-bond acceptors (Lipinski definition) is 6. The molecule has 0 saturated heterocycles. The van der Waals surface area contributed by atoms with Crippen molar-refractivity contribution in [2.24, 2.45) is 0 Å². The van der Waals surface area contributed by atoms with Crippen LogP contribution in [0, 0.1) is 0 Å². The molecule has 0 amide bonds. The zero-order chi connectivity index (χ0) is 15.2. The highest BCUT2D eigenvalue weighted by Gasteiger charge is 2.25. The van der Waals surface area contributed by atoms with Gasteiger partial charge in [-0.3, -0.25) is 4.79 Å². The van der Waals surface area contributed by atoms with Crippen molar-refractivity contribution in [1.29, 1.82) is 0 Å². The molecular formula is C15H12N4O2S. The summed E-state index contributed by atoms with van der Waals surface area (Å²) in [5.74, 6) is 0.451. The maximum absolute atomic E-state index is 12.6. The van der Waals surface area contributed by atoms with E-state index in [1.54, 1.807) is 24.3 Å². The monoisotopic (exact) mass is 312 g/mol. The first-order chi connectivity index (χ1) is 10.8. The van der Waals surface area contributed by atoms with Crippen LogP contribution in [0.2, 0.25) is 0 Å². The van der Waals surface area contributed by atoms with Crippen LogP contribution >= 0.6 is 11.8 Å². The molecule has 0 fully saturated rings. The average molecular weight is 312 g/mol. The first kappa shape index (κ1) is 14.3. The third kappa shape index (κ3) is 3.50. The van der Waals surface area contributed by atoms with Gasteiger partial charge in [-0.15, -0.1) is 10.2 Å². The Hall–Kier alpha value is -2.67. The van der Waals surface area contributed by atoms with E-state index in [0.29, 0.717) is 16.5 Å². The molecule has 1 heterocycles. The van der Waals surface area contributed by atoms with Crippen LogP contribution in [-0.2, 0) is 0 Å². The van der Waals surface area contributed by atoms with Gasteiger partial charge in [0, 0.05) is 5.56 Å². The maximum atomic E-state index is 12.6. The smallest absolute Gasteiger partial charge is 0.234 e. The highest BCUT2D eigenvalue weighted by Crippen LogP contribution is 2.25. The lowest BCUT2D eigenvalue weighted by Crippen LogP contribution is -2.24. The minimum Gasteiger partial charge on any atom is -0.471 e. The summed E-state index contributed by atoms with van der Waals surface area (Å²) in [5.41, 5.74) is -0.221. The zero-order valence-electron chi connectivity index (χ0n) is 11.4. The van der Waals surface area contributed by atoms with Gasteiger partial charge >= 0.3 is 0 Å². The SMILES string of the molecule is O=C(c1ccccc1)C(Oc1ccccc1)Sc1nn[nH]n1. The van der Waals surface area contributed by atoms with Gasteiger partial charge in [0.25, 0.3) is 0 Å². The summed E-state index contributed by atoms with van der Waals surface area (Å²) >= 11 is 1.11. The van der Waals surface area contributed by atoms with E-state index in [1.165, 1.54) is 0 Å². The molecule has 0 aliphatic carbocycles. The second kappa shape index (κ2) is 6.86. The van der Waals surface area contributed by atoms with Crippen molar-refractivity contribution < 1.29 is 9.53 Å². The second-order valence-electron chi connectivity index (χ2n) is 4.31. The van der Waals surface area contributed by atoms with E-state index in [2.05, 4.69) is 20.6 Å². The number of nitrogens with zero attached hydrogens (tertiary/aromatic N) is 3. The first-order valence-corrected chi connectivity index (χ1v) is 7.42. The van der Waals surface area contributed by atoms with E-state index in [1.807, 2.05) is 36.4 Å². The number of para-hydroxylation sites is 1. The van der Waals surface area contributed by atoms with Crippen molar-refractivity contribution in [2.75, 3.05) is 0 Å². The Balaban J connectivity index is 1.84. The van der Waals surface area contributed by atoms with Gasteiger partial charge in [-0.1, -0.05) is 48.5 Å². The number of ether oxygens (including phenoxy) is 1. The maximum Gasteiger partial charge on any atom is 0.234 e. The lowest BCUT2D eigenvalue weighted by Gasteiger charge is -2.16. The van der Waals surface area contributed by atoms with Gasteiger partial charge in [0.2, 0.25) is 16.4 Å². The molecule has 2 aromatic carbocycles. The second-order valence-corrected chi connectivity index (χ2v) is 5.33. The van der Waals surface area contributed by atoms with Crippen molar-refractivity contribution in [3.8, 4) is 5.75 Å². The molecule has 0 spiro atoms. The zero-order valence-corrected chi connectivity index (χ0v) is 12.2. The molecule has 110 valence electrons. The van der Waals surface area contributed by atoms with Gasteiger partial charge in [-0.05, 0) is 29.1 Å². The van der Waals surface area contributed by atoms with Gasteiger partial charge in [0.15, 0.2) is 0 Å². The van der Waals surface area contributed by atoms with Crippen molar-refractivity contribution in [2.45, 2.75) is 10.6 Å². The molecule has 0 aliphatic heterocycles. The topological polar surface area (TPSA) is 80.8 Å². The Morgan fingerprint density at radius 1 is 1.05 bits per heavy atom. The van der Waals surface area contributed by atoms with E-state index in [9.17, 15) is 4.79 Å². The number of carbonyl (C=O) groups is 1. The number of ketones is 1. The highest BCUT2D eigenvalue weighted by atomic mass is 32.2. The molecule has 1 atom stereocenters. The molecule has 1 N–H and O–H groups in total. The molecule has 7 heteroatoms. The van der Waals surface area contributed by atoms with Crippen LogP contribution in [0.4, 0.5) is 0 Å². The first-order valence-electron chi connectivity index (χ1n) is 6.54. The van der Waals surface area contributed by atoms with Crippen LogP contribution in [0.5, 0.6) is 5.75 Å². The summed E-state index contributed by atoms with van der Waals surface area (Å²) in [6, 6.07) is 18.1. The van der Waals surface area contributed by atoms with E-state index in [4.69, 9.17) is 4.74 Å². The number of aromatic nitrogens is 4. The highest BCUT2D eigenvalue weighted by molar-refractivity contribution is 8.00. The normalized spacial score (nSPS) is 11.8. The summed E-state index contributed by atoms with van der Waals surface area (Å²) in [6.07, 6.45) is 0. The standard InChI is InChI=1S/C15H12N4O2S/c20-13(11-7-3-1-4-8-11)14(22-15-16-18-19-17-15)21-12-9-5-2-6-10-12/h1-10,14H,(H,16,17,18,19). The molecule has 0 radical (unpaired) electrons. The minimum atomic E-state index is -0.789. The quantitative estimate of drug-likeness (QED) is 0.428. The number of rotatable bonds is 6. The number of Topliss-reactive ketones (excluding diaryl/α,β-unsaturated/α-hetero) is 1. The van der Waals surface area contributed by atoms with Gasteiger partial charge in [0.1, 0.15) is 5.75 Å². The number of nitrogens with one attached hydrogen (secondary N) is 1. The Labute approximate surface area is 130 Å². The fraction of sp³-hybridized carbons (Fsp3) is 0.0667.